The van der Waals surface area contributed by atoms with E-state index in [9.17, 15) is 18.0 Å². The number of carbonyl (C=O) groups excluding carboxylic acids is 1. The Bertz CT molecular complexity index is 796. The van der Waals surface area contributed by atoms with Crippen molar-refractivity contribution in [2.45, 2.75) is 25.4 Å². The zero-order valence-electron chi connectivity index (χ0n) is 17.8. The minimum Gasteiger partial charge on any atom is -0.475 e. The summed E-state index contributed by atoms with van der Waals surface area (Å²) in [5.74, 6) is -1.29. The molecular weight excluding hydrogens is 417 g/mol. The summed E-state index contributed by atoms with van der Waals surface area (Å²) < 4.78 is 39.4. The van der Waals surface area contributed by atoms with Crippen LogP contribution in [-0.2, 0) is 16.6 Å². The van der Waals surface area contributed by atoms with Crippen LogP contribution in [0.5, 0.6) is 0 Å². The van der Waals surface area contributed by atoms with E-state index in [2.05, 4.69) is 17.0 Å². The van der Waals surface area contributed by atoms with Crippen LogP contribution in [0.25, 0.3) is 0 Å². The average molecular weight is 446 g/mol. The lowest BCUT2D eigenvalue weighted by atomic mass is 9.77. The van der Waals surface area contributed by atoms with E-state index in [1.54, 1.807) is 10.9 Å². The van der Waals surface area contributed by atoms with Crippen molar-refractivity contribution in [3.8, 4) is 0 Å². The van der Waals surface area contributed by atoms with E-state index < -0.39 is 12.1 Å². The summed E-state index contributed by atoms with van der Waals surface area (Å²) in [7, 11) is 4.04. The van der Waals surface area contributed by atoms with Crippen LogP contribution < -0.4 is 0 Å². The molecule has 3 heterocycles. The summed E-state index contributed by atoms with van der Waals surface area (Å²) in [5, 5.41) is 11.3. The fourth-order valence-corrected chi connectivity index (χ4v) is 4.44. The maximum atomic E-state index is 12.7. The van der Waals surface area contributed by atoms with E-state index in [1.165, 1.54) is 12.8 Å². The molecule has 3 fully saturated rings. The predicted molar refractivity (Wildman–Crippen MR) is 104 cm³/mol. The SMILES string of the molecule is CN1C[C@@H](COCC2CC2)[C@]2(CCN(C(=O)c3cnn(C)c3)C2)C1.O=C(O)C(F)(F)F. The molecule has 0 radical (unpaired) electrons. The highest BCUT2D eigenvalue weighted by atomic mass is 19.4. The number of carbonyl (C=O) groups is 2. The molecule has 0 bridgehead atoms. The topological polar surface area (TPSA) is 87.9 Å². The molecule has 174 valence electrons. The number of carboxylic acid groups (broad SMARTS) is 1. The number of aromatic nitrogens is 2. The van der Waals surface area contributed by atoms with Gasteiger partial charge < -0.3 is 19.6 Å². The quantitative estimate of drug-likeness (QED) is 0.743. The first-order valence-electron chi connectivity index (χ1n) is 10.3. The van der Waals surface area contributed by atoms with Gasteiger partial charge in [0.05, 0.1) is 18.4 Å². The molecule has 4 rings (SSSR count). The number of nitrogens with zero attached hydrogens (tertiary/aromatic N) is 4. The first-order valence-corrected chi connectivity index (χ1v) is 10.3. The number of aliphatic carboxylic acids is 1. The summed E-state index contributed by atoms with van der Waals surface area (Å²) >= 11 is 0. The molecule has 1 aromatic rings. The van der Waals surface area contributed by atoms with Crippen LogP contribution in [0.3, 0.4) is 0 Å². The van der Waals surface area contributed by atoms with Crippen LogP contribution in [0.15, 0.2) is 12.4 Å². The molecule has 1 N–H and O–H groups in total. The normalized spacial score (nSPS) is 26.2. The second-order valence-electron chi connectivity index (χ2n) is 8.92. The largest absolute Gasteiger partial charge is 0.490 e. The molecule has 1 saturated carbocycles. The number of ether oxygens (including phenoxy) is 1. The van der Waals surface area contributed by atoms with Gasteiger partial charge in [-0.25, -0.2) is 4.79 Å². The van der Waals surface area contributed by atoms with Gasteiger partial charge in [0.15, 0.2) is 0 Å². The Hall–Kier alpha value is -2.14. The number of alkyl halides is 3. The molecular formula is C20H29F3N4O4. The lowest BCUT2D eigenvalue weighted by Crippen LogP contribution is -2.38. The van der Waals surface area contributed by atoms with Crippen molar-refractivity contribution in [2.24, 2.45) is 24.3 Å². The zero-order chi connectivity index (χ0) is 22.8. The van der Waals surface area contributed by atoms with E-state index in [-0.39, 0.29) is 11.3 Å². The minimum absolute atomic E-state index is 0.118. The standard InChI is InChI=1S/C18H28N4O2.C2HF3O2/c1-20-9-16(11-24-10-14-3-4-14)18(12-20)5-6-22(13-18)17(23)15-7-19-21(2)8-15;3-2(4,5)1(6)7/h7-8,14,16H,3-6,9-13H2,1-2H3;(H,6,7)/t16-,18+;/m0./s1. The molecule has 0 unspecified atom stereocenters. The molecule has 8 nitrogen and oxygen atoms in total. The van der Waals surface area contributed by atoms with E-state index >= 15 is 0 Å². The number of carboxylic acids is 1. The van der Waals surface area contributed by atoms with Gasteiger partial charge in [-0.05, 0) is 32.2 Å². The zero-order valence-corrected chi connectivity index (χ0v) is 17.8. The van der Waals surface area contributed by atoms with E-state index in [1.807, 2.05) is 18.1 Å². The van der Waals surface area contributed by atoms with Gasteiger partial charge in [-0.15, -0.1) is 0 Å². The van der Waals surface area contributed by atoms with E-state index in [0.717, 1.165) is 51.7 Å². The molecule has 1 amide bonds. The second kappa shape index (κ2) is 9.15. The Labute approximate surface area is 178 Å². The van der Waals surface area contributed by atoms with Crippen LogP contribution in [0.1, 0.15) is 29.6 Å². The first-order chi connectivity index (χ1) is 14.5. The number of rotatable bonds is 5. The minimum atomic E-state index is -5.08. The van der Waals surface area contributed by atoms with Crippen LogP contribution >= 0.6 is 0 Å². The molecule has 3 aliphatic rings. The smallest absolute Gasteiger partial charge is 0.475 e. The number of aryl methyl sites for hydroxylation is 1. The lowest BCUT2D eigenvalue weighted by molar-refractivity contribution is -0.192. The van der Waals surface area contributed by atoms with Crippen molar-refractivity contribution in [1.82, 2.24) is 19.6 Å². The fraction of sp³-hybridized carbons (Fsp3) is 0.750. The molecule has 11 heteroatoms. The Morgan fingerprint density at radius 2 is 1.94 bits per heavy atom. The third-order valence-corrected chi connectivity index (χ3v) is 6.22. The maximum Gasteiger partial charge on any atom is 0.490 e. The number of hydrogen-bond donors (Lipinski definition) is 1. The number of likely N-dealkylation sites (tertiary alicyclic amines) is 2. The molecule has 2 aliphatic heterocycles. The van der Waals surface area contributed by atoms with Gasteiger partial charge in [-0.1, -0.05) is 0 Å². The predicted octanol–water partition coefficient (Wildman–Crippen LogP) is 1.87. The van der Waals surface area contributed by atoms with Gasteiger partial charge in [0.1, 0.15) is 0 Å². The van der Waals surface area contributed by atoms with Crippen LogP contribution in [0.2, 0.25) is 0 Å². The molecule has 0 aromatic carbocycles. The number of halogens is 3. The molecule has 1 aliphatic carbocycles. The number of amides is 1. The summed E-state index contributed by atoms with van der Waals surface area (Å²) in [6.07, 6.45) is 2.15. The van der Waals surface area contributed by atoms with Crippen molar-refractivity contribution in [1.29, 1.82) is 0 Å². The highest BCUT2D eigenvalue weighted by molar-refractivity contribution is 5.94. The highest BCUT2D eigenvalue weighted by Gasteiger charge is 2.50. The van der Waals surface area contributed by atoms with E-state index in [4.69, 9.17) is 14.6 Å². The Morgan fingerprint density at radius 3 is 2.48 bits per heavy atom. The van der Waals surface area contributed by atoms with Gasteiger partial charge in [0, 0.05) is 57.4 Å². The molecule has 1 spiro atoms. The van der Waals surface area contributed by atoms with Crippen molar-refractivity contribution in [2.75, 3.05) is 46.4 Å². The Morgan fingerprint density at radius 1 is 1.26 bits per heavy atom. The van der Waals surface area contributed by atoms with Crippen LogP contribution in [0, 0.1) is 17.3 Å². The number of hydrogen-bond acceptors (Lipinski definition) is 5. The molecule has 1 aromatic heterocycles. The highest BCUT2D eigenvalue weighted by Crippen LogP contribution is 2.44. The Kier molecular flexibility index (Phi) is 6.95. The van der Waals surface area contributed by atoms with Crippen molar-refractivity contribution in [3.63, 3.8) is 0 Å². The third-order valence-electron chi connectivity index (χ3n) is 6.22. The van der Waals surface area contributed by atoms with Gasteiger partial charge in [-0.2, -0.15) is 18.3 Å². The monoisotopic (exact) mass is 446 g/mol. The van der Waals surface area contributed by atoms with Gasteiger partial charge in [0.2, 0.25) is 0 Å². The Balaban J connectivity index is 0.000000339. The summed E-state index contributed by atoms with van der Waals surface area (Å²) in [5.41, 5.74) is 0.901. The fourth-order valence-electron chi connectivity index (χ4n) is 4.44. The van der Waals surface area contributed by atoms with Crippen LogP contribution in [0.4, 0.5) is 13.2 Å². The van der Waals surface area contributed by atoms with Crippen molar-refractivity contribution >= 4 is 11.9 Å². The lowest BCUT2D eigenvalue weighted by Gasteiger charge is -2.30. The molecule has 2 saturated heterocycles. The molecule has 31 heavy (non-hydrogen) atoms. The second-order valence-corrected chi connectivity index (χ2v) is 8.92. The third kappa shape index (κ3) is 5.97. The first kappa shape index (κ1) is 23.5. The van der Waals surface area contributed by atoms with Crippen molar-refractivity contribution < 1.29 is 32.6 Å². The van der Waals surface area contributed by atoms with Gasteiger partial charge in [-0.3, -0.25) is 9.48 Å². The van der Waals surface area contributed by atoms with Gasteiger partial charge >= 0.3 is 12.1 Å². The maximum absolute atomic E-state index is 12.7. The summed E-state index contributed by atoms with van der Waals surface area (Å²) in [4.78, 5) is 26.0. The van der Waals surface area contributed by atoms with Crippen molar-refractivity contribution in [3.05, 3.63) is 18.0 Å². The average Bonchev–Trinajstić information content (AvgIpc) is 3.10. The van der Waals surface area contributed by atoms with Gasteiger partial charge in [0.25, 0.3) is 5.91 Å². The van der Waals surface area contributed by atoms with E-state index in [0.29, 0.717) is 11.5 Å². The molecule has 2 atom stereocenters. The summed E-state index contributed by atoms with van der Waals surface area (Å²) in [6.45, 7) is 5.62. The summed E-state index contributed by atoms with van der Waals surface area (Å²) in [6, 6.07) is 0. The van der Waals surface area contributed by atoms with Crippen LogP contribution in [-0.4, -0.2) is 89.2 Å².